The Bertz CT molecular complexity index is 569. The molecule has 1 fully saturated rings. The molecule has 1 aliphatic heterocycles. The molecule has 1 aliphatic rings. The monoisotopic (exact) mass is 282 g/mol. The van der Waals surface area contributed by atoms with Gasteiger partial charge in [0.1, 0.15) is 0 Å². The Kier molecular flexibility index (Phi) is 3.54. The Balaban J connectivity index is 2.22. The second-order valence-electron chi connectivity index (χ2n) is 5.22. The predicted molar refractivity (Wildman–Crippen MR) is 70.4 cm³/mol. The average molecular weight is 282 g/mol. The topological polar surface area (TPSA) is 81.2 Å². The summed E-state index contributed by atoms with van der Waals surface area (Å²) in [5.74, 6) is -3.87. The van der Waals surface area contributed by atoms with Crippen molar-refractivity contribution in [3.63, 3.8) is 0 Å². The van der Waals surface area contributed by atoms with E-state index in [0.29, 0.717) is 6.42 Å². The Morgan fingerprint density at radius 2 is 2.10 bits per heavy atom. The molecule has 0 aromatic carbocycles. The van der Waals surface area contributed by atoms with Gasteiger partial charge >= 0.3 is 0 Å². The Morgan fingerprint density at radius 1 is 1.45 bits per heavy atom. The summed E-state index contributed by atoms with van der Waals surface area (Å²) >= 11 is 0. The number of nitrogens with two attached hydrogens (primary N) is 1. The molecule has 0 bridgehead atoms. The summed E-state index contributed by atoms with van der Waals surface area (Å²) < 4.78 is 16.1. The number of amides is 2. The van der Waals surface area contributed by atoms with E-state index in [1.54, 1.807) is 18.7 Å². The Morgan fingerprint density at radius 3 is 2.60 bits per heavy atom. The number of likely N-dealkylation sites (tertiary alicyclic amines) is 1. The smallest absolute Gasteiger partial charge is 0.276 e. The molecule has 0 radical (unpaired) electrons. The molecule has 0 spiro atoms. The van der Waals surface area contributed by atoms with Gasteiger partial charge in [-0.05, 0) is 20.3 Å². The second kappa shape index (κ2) is 4.88. The molecule has 1 atom stereocenters. The number of hydrogen-bond donors (Lipinski definition) is 1. The highest BCUT2D eigenvalue weighted by Crippen LogP contribution is 2.31. The number of aromatic nitrogens is 2. The number of primary amides is 1. The van der Waals surface area contributed by atoms with Crippen LogP contribution < -0.4 is 5.73 Å². The molecule has 2 rings (SSSR count). The van der Waals surface area contributed by atoms with Gasteiger partial charge in [0, 0.05) is 31.3 Å². The van der Waals surface area contributed by atoms with Crippen molar-refractivity contribution in [2.45, 2.75) is 38.9 Å². The Hall–Kier alpha value is -1.92. The fraction of sp³-hybridized carbons (Fsp3) is 0.615. The molecule has 0 aliphatic carbocycles. The van der Waals surface area contributed by atoms with E-state index in [4.69, 9.17) is 5.73 Å². The molecule has 2 amide bonds. The summed E-state index contributed by atoms with van der Waals surface area (Å²) in [7, 11) is 1.79. The number of alkyl halides is 1. The number of halogens is 1. The third kappa shape index (κ3) is 2.17. The van der Waals surface area contributed by atoms with Gasteiger partial charge in [0.15, 0.2) is 0 Å². The van der Waals surface area contributed by atoms with Crippen LogP contribution in [0.15, 0.2) is 0 Å². The van der Waals surface area contributed by atoms with Gasteiger partial charge in [-0.1, -0.05) is 0 Å². The molecule has 2 N–H and O–H groups in total. The van der Waals surface area contributed by atoms with Crippen LogP contribution in [0.2, 0.25) is 0 Å². The number of carbonyl (C=O) groups excluding carboxylic acids is 2. The highest BCUT2D eigenvalue weighted by molar-refractivity contribution is 5.90. The predicted octanol–water partition coefficient (Wildman–Crippen LogP) is 0.353. The minimum absolute atomic E-state index is 0.0287. The molecular weight excluding hydrogens is 263 g/mol. The quantitative estimate of drug-likeness (QED) is 0.812. The van der Waals surface area contributed by atoms with Gasteiger partial charge in [-0.15, -0.1) is 0 Å². The van der Waals surface area contributed by atoms with Crippen molar-refractivity contribution >= 4 is 11.8 Å². The highest BCUT2D eigenvalue weighted by atomic mass is 19.1. The SMILES string of the molecule is Cc1nn(C)c(C)c1CC(=O)N1CCCC1(F)C(N)=O. The molecule has 7 heteroatoms. The van der Waals surface area contributed by atoms with Crippen molar-refractivity contribution in [2.75, 3.05) is 6.54 Å². The van der Waals surface area contributed by atoms with Crippen LogP contribution >= 0.6 is 0 Å². The lowest BCUT2D eigenvalue weighted by atomic mass is 10.1. The maximum atomic E-state index is 14.5. The molecule has 1 aromatic rings. The van der Waals surface area contributed by atoms with Crippen molar-refractivity contribution in [3.05, 3.63) is 17.0 Å². The van der Waals surface area contributed by atoms with Crippen LogP contribution in [0.5, 0.6) is 0 Å². The fourth-order valence-corrected chi connectivity index (χ4v) is 2.68. The number of aryl methyl sites for hydroxylation is 2. The van der Waals surface area contributed by atoms with Gasteiger partial charge < -0.3 is 10.6 Å². The molecular formula is C13H19FN4O2. The van der Waals surface area contributed by atoms with Crippen molar-refractivity contribution < 1.29 is 14.0 Å². The zero-order valence-corrected chi connectivity index (χ0v) is 11.9. The molecule has 2 heterocycles. The zero-order valence-electron chi connectivity index (χ0n) is 11.9. The number of carbonyl (C=O) groups is 2. The first kappa shape index (κ1) is 14.5. The van der Waals surface area contributed by atoms with E-state index in [9.17, 15) is 14.0 Å². The number of hydrogen-bond acceptors (Lipinski definition) is 3. The van der Waals surface area contributed by atoms with Crippen molar-refractivity contribution in [2.24, 2.45) is 12.8 Å². The normalized spacial score (nSPS) is 22.3. The van der Waals surface area contributed by atoms with Crippen LogP contribution in [0, 0.1) is 13.8 Å². The highest BCUT2D eigenvalue weighted by Gasteiger charge is 2.49. The van der Waals surface area contributed by atoms with Crippen molar-refractivity contribution in [1.82, 2.24) is 14.7 Å². The van der Waals surface area contributed by atoms with E-state index < -0.39 is 17.6 Å². The zero-order chi connectivity index (χ0) is 15.1. The first-order chi connectivity index (χ1) is 9.27. The lowest BCUT2D eigenvalue weighted by molar-refractivity contribution is -0.153. The van der Waals surface area contributed by atoms with Gasteiger partial charge in [-0.25, -0.2) is 4.39 Å². The lowest BCUT2D eigenvalue weighted by Crippen LogP contribution is -2.53. The third-order valence-electron chi connectivity index (χ3n) is 3.98. The van der Waals surface area contributed by atoms with E-state index in [0.717, 1.165) is 21.9 Å². The van der Waals surface area contributed by atoms with Crippen molar-refractivity contribution in [1.29, 1.82) is 0 Å². The maximum absolute atomic E-state index is 14.5. The Labute approximate surface area is 116 Å². The molecule has 6 nitrogen and oxygen atoms in total. The summed E-state index contributed by atoms with van der Waals surface area (Å²) in [6.45, 7) is 3.87. The molecule has 1 aromatic heterocycles. The summed E-state index contributed by atoms with van der Waals surface area (Å²) in [6, 6.07) is 0. The third-order valence-corrected chi connectivity index (χ3v) is 3.98. The van der Waals surface area contributed by atoms with Gasteiger partial charge in [-0.2, -0.15) is 5.10 Å². The molecule has 1 unspecified atom stereocenters. The molecule has 110 valence electrons. The largest absolute Gasteiger partial charge is 0.365 e. The average Bonchev–Trinajstić information content (AvgIpc) is 2.87. The van der Waals surface area contributed by atoms with Crippen LogP contribution in [-0.4, -0.2) is 38.8 Å². The minimum atomic E-state index is -2.35. The number of nitrogens with zero attached hydrogens (tertiary/aromatic N) is 3. The van der Waals surface area contributed by atoms with Crippen LogP contribution in [-0.2, 0) is 23.1 Å². The first-order valence-corrected chi connectivity index (χ1v) is 6.55. The summed E-state index contributed by atoms with van der Waals surface area (Å²) in [4.78, 5) is 24.5. The van der Waals surface area contributed by atoms with E-state index in [-0.39, 0.29) is 19.4 Å². The molecule has 0 saturated carbocycles. The maximum Gasteiger partial charge on any atom is 0.276 e. The molecule has 1 saturated heterocycles. The van der Waals surface area contributed by atoms with E-state index in [1.165, 1.54) is 0 Å². The van der Waals surface area contributed by atoms with Crippen LogP contribution in [0.25, 0.3) is 0 Å². The van der Waals surface area contributed by atoms with Crippen LogP contribution in [0.4, 0.5) is 4.39 Å². The van der Waals surface area contributed by atoms with Gasteiger partial charge in [-0.3, -0.25) is 14.3 Å². The van der Waals surface area contributed by atoms with E-state index in [2.05, 4.69) is 5.10 Å². The minimum Gasteiger partial charge on any atom is -0.365 e. The lowest BCUT2D eigenvalue weighted by Gasteiger charge is -2.28. The molecule has 20 heavy (non-hydrogen) atoms. The standard InChI is InChI=1S/C13H19FN4O2/c1-8-10(9(2)17(3)16-8)7-11(19)18-6-4-5-13(18,14)12(15)20/h4-7H2,1-3H3,(H2,15,20). The van der Waals surface area contributed by atoms with E-state index in [1.807, 2.05) is 6.92 Å². The van der Waals surface area contributed by atoms with Gasteiger partial charge in [0.25, 0.3) is 11.7 Å². The van der Waals surface area contributed by atoms with Gasteiger partial charge in [0.05, 0.1) is 12.1 Å². The summed E-state index contributed by atoms with van der Waals surface area (Å²) in [6.07, 6.45) is 0.444. The van der Waals surface area contributed by atoms with Gasteiger partial charge in [0.2, 0.25) is 5.91 Å². The first-order valence-electron chi connectivity index (χ1n) is 6.55. The van der Waals surface area contributed by atoms with Crippen molar-refractivity contribution in [3.8, 4) is 0 Å². The van der Waals surface area contributed by atoms with E-state index >= 15 is 0 Å². The van der Waals surface area contributed by atoms with Crippen LogP contribution in [0.1, 0.15) is 29.8 Å². The fourth-order valence-electron chi connectivity index (χ4n) is 2.68. The summed E-state index contributed by atoms with van der Waals surface area (Å²) in [5, 5.41) is 4.22. The number of rotatable bonds is 3. The van der Waals surface area contributed by atoms with Crippen LogP contribution in [0.3, 0.4) is 0 Å². The second-order valence-corrected chi connectivity index (χ2v) is 5.22. The summed E-state index contributed by atoms with van der Waals surface area (Å²) in [5.41, 5.74) is 7.46.